The molecule has 0 N–H and O–H groups in total. The van der Waals surface area contributed by atoms with Crippen LogP contribution in [0.25, 0.3) is 0 Å². The fourth-order valence-corrected chi connectivity index (χ4v) is 0.934. The highest BCUT2D eigenvalue weighted by Crippen LogP contribution is 2.11. The lowest BCUT2D eigenvalue weighted by Crippen LogP contribution is -2.41. The second kappa shape index (κ2) is 4.35. The summed E-state index contributed by atoms with van der Waals surface area (Å²) in [6, 6.07) is 0. The first-order chi connectivity index (χ1) is 5.02. The van der Waals surface area contributed by atoms with Crippen molar-refractivity contribution in [1.29, 1.82) is 0 Å². The lowest BCUT2D eigenvalue weighted by atomic mass is 10.1. The third-order valence-electron chi connectivity index (χ3n) is 1.65. The van der Waals surface area contributed by atoms with Crippen LogP contribution in [0.4, 0.5) is 0 Å². The van der Waals surface area contributed by atoms with Crippen molar-refractivity contribution in [3.63, 3.8) is 0 Å². The molecule has 0 amide bonds. The monoisotopic (exact) mass is 153 g/mol. The van der Waals surface area contributed by atoms with Gasteiger partial charge in [-0.15, -0.1) is 13.2 Å². The van der Waals surface area contributed by atoms with Gasteiger partial charge in [-0.1, -0.05) is 12.2 Å². The Kier molecular flexibility index (Phi) is 4.12. The Balaban J connectivity index is 4.08. The highest BCUT2D eigenvalue weighted by atomic mass is 15.2. The Morgan fingerprint density at radius 1 is 1.09 bits per heavy atom. The Hall–Kier alpha value is -0.560. The first kappa shape index (κ1) is 10.4. The summed E-state index contributed by atoms with van der Waals surface area (Å²) in [4.78, 5) is 2.31. The smallest absolute Gasteiger partial charge is 0.0169 e. The number of nitrogens with zero attached hydrogens (tertiary/aromatic N) is 1. The van der Waals surface area contributed by atoms with Crippen molar-refractivity contribution >= 4 is 0 Å². The molecular formula is C10H19N. The molecule has 0 fully saturated rings. The van der Waals surface area contributed by atoms with Crippen LogP contribution in [-0.4, -0.2) is 23.5 Å². The predicted octanol–water partition coefficient (Wildman–Crippen LogP) is 2.46. The van der Waals surface area contributed by atoms with E-state index in [1.807, 2.05) is 12.2 Å². The van der Waals surface area contributed by atoms with Crippen LogP contribution in [0.15, 0.2) is 25.3 Å². The van der Waals surface area contributed by atoms with Crippen LogP contribution in [0.1, 0.15) is 20.8 Å². The molecule has 0 aromatic heterocycles. The molecule has 0 saturated heterocycles. The van der Waals surface area contributed by atoms with Gasteiger partial charge in [-0.3, -0.25) is 4.90 Å². The number of hydrogen-bond donors (Lipinski definition) is 0. The molecule has 0 aliphatic heterocycles. The van der Waals surface area contributed by atoms with Crippen LogP contribution in [0.3, 0.4) is 0 Å². The van der Waals surface area contributed by atoms with Gasteiger partial charge in [0.2, 0.25) is 0 Å². The first-order valence-corrected chi connectivity index (χ1v) is 3.99. The molecule has 0 heterocycles. The highest BCUT2D eigenvalue weighted by Gasteiger charge is 2.17. The maximum Gasteiger partial charge on any atom is 0.0169 e. The summed E-state index contributed by atoms with van der Waals surface area (Å²) in [6.07, 6.45) is 3.85. The van der Waals surface area contributed by atoms with E-state index in [-0.39, 0.29) is 5.54 Å². The van der Waals surface area contributed by atoms with E-state index in [0.29, 0.717) is 0 Å². The normalized spacial score (nSPS) is 11.6. The summed E-state index contributed by atoms with van der Waals surface area (Å²) in [5.41, 5.74) is 0.211. The second-order valence-electron chi connectivity index (χ2n) is 3.65. The summed E-state index contributed by atoms with van der Waals surface area (Å²) < 4.78 is 0. The number of rotatable bonds is 4. The van der Waals surface area contributed by atoms with Crippen molar-refractivity contribution < 1.29 is 0 Å². The Morgan fingerprint density at radius 2 is 1.45 bits per heavy atom. The van der Waals surface area contributed by atoms with Gasteiger partial charge < -0.3 is 0 Å². The summed E-state index contributed by atoms with van der Waals surface area (Å²) in [5.74, 6) is 0. The third kappa shape index (κ3) is 3.99. The quantitative estimate of drug-likeness (QED) is 0.561. The summed E-state index contributed by atoms with van der Waals surface area (Å²) >= 11 is 0. The SMILES string of the molecule is C=CCN(CC=C)C(C)(C)C. The van der Waals surface area contributed by atoms with Gasteiger partial charge >= 0.3 is 0 Å². The maximum absolute atomic E-state index is 3.72. The van der Waals surface area contributed by atoms with Gasteiger partial charge in [0.05, 0.1) is 0 Å². The molecule has 0 bridgehead atoms. The Bertz CT molecular complexity index is 120. The molecule has 0 spiro atoms. The van der Waals surface area contributed by atoms with Crippen LogP contribution in [0.2, 0.25) is 0 Å². The zero-order chi connectivity index (χ0) is 8.91. The van der Waals surface area contributed by atoms with E-state index in [4.69, 9.17) is 0 Å². The molecule has 1 heteroatoms. The minimum absolute atomic E-state index is 0.211. The van der Waals surface area contributed by atoms with E-state index >= 15 is 0 Å². The average Bonchev–Trinajstić information content (AvgIpc) is 1.85. The van der Waals surface area contributed by atoms with Gasteiger partial charge in [-0.2, -0.15) is 0 Å². The third-order valence-corrected chi connectivity index (χ3v) is 1.65. The van der Waals surface area contributed by atoms with Crippen LogP contribution < -0.4 is 0 Å². The zero-order valence-corrected chi connectivity index (χ0v) is 7.93. The molecule has 0 radical (unpaired) electrons. The standard InChI is InChI=1S/C10H19N/c1-6-8-11(9-7-2)10(3,4)5/h6-7H,1-2,8-9H2,3-5H3. The molecule has 0 aromatic carbocycles. The van der Waals surface area contributed by atoms with E-state index in [2.05, 4.69) is 38.8 Å². The van der Waals surface area contributed by atoms with Crippen LogP contribution in [0.5, 0.6) is 0 Å². The minimum atomic E-state index is 0.211. The molecule has 0 unspecified atom stereocenters. The molecule has 0 aliphatic rings. The molecule has 0 atom stereocenters. The molecule has 0 aromatic rings. The Morgan fingerprint density at radius 3 is 1.64 bits per heavy atom. The summed E-state index contributed by atoms with van der Waals surface area (Å²) in [6.45, 7) is 15.9. The predicted molar refractivity (Wildman–Crippen MR) is 51.7 cm³/mol. The lowest BCUT2D eigenvalue weighted by Gasteiger charge is -2.33. The topological polar surface area (TPSA) is 3.24 Å². The van der Waals surface area contributed by atoms with Crippen LogP contribution in [-0.2, 0) is 0 Å². The maximum atomic E-state index is 3.72. The minimum Gasteiger partial charge on any atom is -0.291 e. The zero-order valence-electron chi connectivity index (χ0n) is 7.93. The van der Waals surface area contributed by atoms with Crippen molar-refractivity contribution in [1.82, 2.24) is 4.90 Å². The van der Waals surface area contributed by atoms with Gasteiger partial charge in [-0.25, -0.2) is 0 Å². The summed E-state index contributed by atoms with van der Waals surface area (Å²) in [7, 11) is 0. The fraction of sp³-hybridized carbons (Fsp3) is 0.600. The molecule has 0 aliphatic carbocycles. The van der Waals surface area contributed by atoms with Crippen molar-refractivity contribution in [2.75, 3.05) is 13.1 Å². The highest BCUT2D eigenvalue weighted by molar-refractivity contribution is 4.87. The molecule has 64 valence electrons. The van der Waals surface area contributed by atoms with E-state index in [1.54, 1.807) is 0 Å². The van der Waals surface area contributed by atoms with E-state index < -0.39 is 0 Å². The van der Waals surface area contributed by atoms with Crippen molar-refractivity contribution in [2.24, 2.45) is 0 Å². The first-order valence-electron chi connectivity index (χ1n) is 3.99. The van der Waals surface area contributed by atoms with Gasteiger partial charge in [-0.05, 0) is 20.8 Å². The molecule has 11 heavy (non-hydrogen) atoms. The fourth-order valence-electron chi connectivity index (χ4n) is 0.934. The van der Waals surface area contributed by atoms with Crippen molar-refractivity contribution in [3.8, 4) is 0 Å². The second-order valence-corrected chi connectivity index (χ2v) is 3.65. The molecule has 0 saturated carbocycles. The van der Waals surface area contributed by atoms with Gasteiger partial charge in [0.15, 0.2) is 0 Å². The van der Waals surface area contributed by atoms with Gasteiger partial charge in [0.1, 0.15) is 0 Å². The van der Waals surface area contributed by atoms with E-state index in [1.165, 1.54) is 0 Å². The van der Waals surface area contributed by atoms with Gasteiger partial charge in [0.25, 0.3) is 0 Å². The number of hydrogen-bond acceptors (Lipinski definition) is 1. The van der Waals surface area contributed by atoms with Crippen LogP contribution >= 0.6 is 0 Å². The van der Waals surface area contributed by atoms with Crippen molar-refractivity contribution in [2.45, 2.75) is 26.3 Å². The largest absolute Gasteiger partial charge is 0.291 e. The average molecular weight is 153 g/mol. The molecule has 1 nitrogen and oxygen atoms in total. The lowest BCUT2D eigenvalue weighted by molar-refractivity contribution is 0.173. The van der Waals surface area contributed by atoms with Crippen molar-refractivity contribution in [3.05, 3.63) is 25.3 Å². The van der Waals surface area contributed by atoms with Crippen LogP contribution in [0, 0.1) is 0 Å². The van der Waals surface area contributed by atoms with E-state index in [9.17, 15) is 0 Å². The summed E-state index contributed by atoms with van der Waals surface area (Å²) in [5, 5.41) is 0. The molecular weight excluding hydrogens is 134 g/mol. The van der Waals surface area contributed by atoms with E-state index in [0.717, 1.165) is 13.1 Å². The Labute approximate surface area is 70.4 Å². The van der Waals surface area contributed by atoms with Gasteiger partial charge in [0, 0.05) is 18.6 Å². The molecule has 0 rings (SSSR count).